The maximum absolute atomic E-state index is 13.2. The largest absolute Gasteiger partial charge is 0.489 e. The SMILES string of the molecule is NC(C(=O)NCc1ccc(OCc2cccc(F)c2)cc1)C1CCOCC1. The molecule has 1 heterocycles. The van der Waals surface area contributed by atoms with E-state index in [1.807, 2.05) is 30.3 Å². The maximum Gasteiger partial charge on any atom is 0.237 e. The fourth-order valence-corrected chi connectivity index (χ4v) is 3.09. The van der Waals surface area contributed by atoms with Crippen LogP contribution in [0.25, 0.3) is 0 Å². The second-order valence-electron chi connectivity index (χ2n) is 6.76. The molecule has 0 aromatic heterocycles. The van der Waals surface area contributed by atoms with Crippen LogP contribution in [-0.2, 0) is 22.7 Å². The molecule has 3 N–H and O–H groups in total. The Balaban J connectivity index is 1.45. The van der Waals surface area contributed by atoms with Gasteiger partial charge in [0, 0.05) is 19.8 Å². The highest BCUT2D eigenvalue weighted by atomic mass is 19.1. The third-order valence-electron chi connectivity index (χ3n) is 4.76. The second-order valence-corrected chi connectivity index (χ2v) is 6.76. The lowest BCUT2D eigenvalue weighted by Crippen LogP contribution is -2.46. The van der Waals surface area contributed by atoms with Gasteiger partial charge in [0.1, 0.15) is 18.2 Å². The molecule has 6 heteroatoms. The van der Waals surface area contributed by atoms with E-state index in [9.17, 15) is 9.18 Å². The number of nitrogens with two attached hydrogens (primary N) is 1. The first-order valence-electron chi connectivity index (χ1n) is 9.19. The number of nitrogens with one attached hydrogen (secondary N) is 1. The van der Waals surface area contributed by atoms with Gasteiger partial charge < -0.3 is 20.5 Å². The molecular formula is C21H25FN2O3. The topological polar surface area (TPSA) is 73.6 Å². The van der Waals surface area contributed by atoms with Crippen LogP contribution in [0, 0.1) is 11.7 Å². The average Bonchev–Trinajstić information content (AvgIpc) is 2.71. The highest BCUT2D eigenvalue weighted by molar-refractivity contribution is 5.81. The van der Waals surface area contributed by atoms with Crippen LogP contribution in [-0.4, -0.2) is 25.2 Å². The van der Waals surface area contributed by atoms with Crippen LogP contribution in [0.3, 0.4) is 0 Å². The quantitative estimate of drug-likeness (QED) is 0.784. The first-order chi connectivity index (χ1) is 13.1. The van der Waals surface area contributed by atoms with Gasteiger partial charge in [-0.3, -0.25) is 4.79 Å². The Hall–Kier alpha value is -2.44. The van der Waals surface area contributed by atoms with Gasteiger partial charge in [0.15, 0.2) is 0 Å². The average molecular weight is 372 g/mol. The normalized spacial score (nSPS) is 15.9. The van der Waals surface area contributed by atoms with E-state index in [0.29, 0.717) is 32.1 Å². The molecule has 1 unspecified atom stereocenters. The van der Waals surface area contributed by atoms with Gasteiger partial charge in [-0.1, -0.05) is 24.3 Å². The lowest BCUT2D eigenvalue weighted by Gasteiger charge is -2.26. The minimum absolute atomic E-state index is 0.131. The van der Waals surface area contributed by atoms with Crippen LogP contribution < -0.4 is 15.8 Å². The third kappa shape index (κ3) is 5.77. The van der Waals surface area contributed by atoms with Crippen molar-refractivity contribution in [3.05, 3.63) is 65.5 Å². The summed E-state index contributed by atoms with van der Waals surface area (Å²) >= 11 is 0. The lowest BCUT2D eigenvalue weighted by atomic mass is 9.92. The van der Waals surface area contributed by atoms with Crippen molar-refractivity contribution < 1.29 is 18.7 Å². The Bertz CT molecular complexity index is 745. The highest BCUT2D eigenvalue weighted by Gasteiger charge is 2.26. The van der Waals surface area contributed by atoms with E-state index < -0.39 is 6.04 Å². The van der Waals surface area contributed by atoms with E-state index in [2.05, 4.69) is 5.32 Å². The number of hydrogen-bond acceptors (Lipinski definition) is 4. The number of rotatable bonds is 7. The monoisotopic (exact) mass is 372 g/mol. The summed E-state index contributed by atoms with van der Waals surface area (Å²) < 4.78 is 24.1. The summed E-state index contributed by atoms with van der Waals surface area (Å²) in [5.74, 6) is 0.458. The highest BCUT2D eigenvalue weighted by Crippen LogP contribution is 2.18. The van der Waals surface area contributed by atoms with Gasteiger partial charge >= 0.3 is 0 Å². The molecular weight excluding hydrogens is 347 g/mol. The van der Waals surface area contributed by atoms with Crippen LogP contribution in [0.1, 0.15) is 24.0 Å². The predicted molar refractivity (Wildman–Crippen MR) is 101 cm³/mol. The Morgan fingerprint density at radius 2 is 1.93 bits per heavy atom. The summed E-state index contributed by atoms with van der Waals surface area (Å²) in [4.78, 5) is 12.2. The van der Waals surface area contributed by atoms with E-state index >= 15 is 0 Å². The summed E-state index contributed by atoms with van der Waals surface area (Å²) in [6.45, 7) is 2.05. The molecule has 2 aromatic carbocycles. The summed E-state index contributed by atoms with van der Waals surface area (Å²) in [5, 5.41) is 2.89. The lowest BCUT2D eigenvalue weighted by molar-refractivity contribution is -0.124. The van der Waals surface area contributed by atoms with Gasteiger partial charge in [-0.2, -0.15) is 0 Å². The first-order valence-corrected chi connectivity index (χ1v) is 9.19. The number of hydrogen-bond donors (Lipinski definition) is 2. The molecule has 144 valence electrons. The Kier molecular flexibility index (Phi) is 6.79. The van der Waals surface area contributed by atoms with Crippen LogP contribution >= 0.6 is 0 Å². The van der Waals surface area contributed by atoms with Crippen molar-refractivity contribution in [3.8, 4) is 5.75 Å². The summed E-state index contributed by atoms with van der Waals surface area (Å²) in [5.41, 5.74) is 7.80. The number of amides is 1. The number of benzene rings is 2. The molecule has 0 saturated carbocycles. The van der Waals surface area contributed by atoms with E-state index in [4.69, 9.17) is 15.2 Å². The molecule has 1 amide bonds. The van der Waals surface area contributed by atoms with Gasteiger partial charge in [-0.05, 0) is 54.2 Å². The van der Waals surface area contributed by atoms with Gasteiger partial charge in [-0.25, -0.2) is 4.39 Å². The molecule has 1 aliphatic rings. The minimum Gasteiger partial charge on any atom is -0.489 e. The van der Waals surface area contributed by atoms with Crippen molar-refractivity contribution in [2.45, 2.75) is 32.0 Å². The molecule has 2 aromatic rings. The molecule has 1 aliphatic heterocycles. The number of carbonyl (C=O) groups excluding carboxylic acids is 1. The Morgan fingerprint density at radius 1 is 1.19 bits per heavy atom. The van der Waals surface area contributed by atoms with Gasteiger partial charge in [0.05, 0.1) is 6.04 Å². The Morgan fingerprint density at radius 3 is 2.63 bits per heavy atom. The van der Waals surface area contributed by atoms with E-state index in [0.717, 1.165) is 24.0 Å². The second kappa shape index (κ2) is 9.48. The number of halogens is 1. The van der Waals surface area contributed by atoms with E-state index in [1.165, 1.54) is 12.1 Å². The third-order valence-corrected chi connectivity index (χ3v) is 4.76. The molecule has 0 radical (unpaired) electrons. The van der Waals surface area contributed by atoms with Gasteiger partial charge in [0.2, 0.25) is 5.91 Å². The first kappa shape index (κ1) is 19.3. The zero-order chi connectivity index (χ0) is 19.1. The molecule has 3 rings (SSSR count). The van der Waals surface area contributed by atoms with Gasteiger partial charge in [0.25, 0.3) is 0 Å². The smallest absolute Gasteiger partial charge is 0.237 e. The molecule has 1 fully saturated rings. The van der Waals surface area contributed by atoms with Crippen molar-refractivity contribution in [1.82, 2.24) is 5.32 Å². The number of ether oxygens (including phenoxy) is 2. The van der Waals surface area contributed by atoms with Crippen LogP contribution in [0.5, 0.6) is 5.75 Å². The summed E-state index contributed by atoms with van der Waals surface area (Å²) in [6.07, 6.45) is 1.65. The van der Waals surface area contributed by atoms with Crippen LogP contribution in [0.2, 0.25) is 0 Å². The fourth-order valence-electron chi connectivity index (χ4n) is 3.09. The molecule has 0 aliphatic carbocycles. The fraction of sp³-hybridized carbons (Fsp3) is 0.381. The van der Waals surface area contributed by atoms with Gasteiger partial charge in [-0.15, -0.1) is 0 Å². The molecule has 5 nitrogen and oxygen atoms in total. The molecule has 1 saturated heterocycles. The minimum atomic E-state index is -0.497. The zero-order valence-electron chi connectivity index (χ0n) is 15.2. The molecule has 1 atom stereocenters. The maximum atomic E-state index is 13.2. The predicted octanol–water partition coefficient (Wildman–Crippen LogP) is 2.77. The summed E-state index contributed by atoms with van der Waals surface area (Å²) in [6, 6.07) is 13.3. The van der Waals surface area contributed by atoms with Crippen molar-refractivity contribution in [2.75, 3.05) is 13.2 Å². The van der Waals surface area contributed by atoms with Crippen molar-refractivity contribution in [1.29, 1.82) is 0 Å². The molecule has 27 heavy (non-hydrogen) atoms. The molecule has 0 spiro atoms. The molecule has 0 bridgehead atoms. The standard InChI is InChI=1S/C21H25FN2O3/c22-18-3-1-2-16(12-18)14-27-19-6-4-15(5-7-19)13-24-21(25)20(23)17-8-10-26-11-9-17/h1-7,12,17,20H,8-11,13-14,23H2,(H,24,25). The van der Waals surface area contributed by atoms with E-state index in [1.54, 1.807) is 6.07 Å². The van der Waals surface area contributed by atoms with Crippen molar-refractivity contribution in [2.24, 2.45) is 11.7 Å². The van der Waals surface area contributed by atoms with Crippen LogP contribution in [0.4, 0.5) is 4.39 Å². The number of carbonyl (C=O) groups is 1. The zero-order valence-corrected chi connectivity index (χ0v) is 15.2. The van der Waals surface area contributed by atoms with Crippen LogP contribution in [0.15, 0.2) is 48.5 Å². The summed E-state index contributed by atoms with van der Waals surface area (Å²) in [7, 11) is 0. The van der Waals surface area contributed by atoms with E-state index in [-0.39, 0.29) is 17.6 Å². The van der Waals surface area contributed by atoms with Crippen molar-refractivity contribution in [3.63, 3.8) is 0 Å². The van der Waals surface area contributed by atoms with Crippen molar-refractivity contribution >= 4 is 5.91 Å². The Labute approximate surface area is 158 Å².